The van der Waals surface area contributed by atoms with Crippen molar-refractivity contribution in [2.24, 2.45) is 20.6 Å². The van der Waals surface area contributed by atoms with Crippen LogP contribution in [0.1, 0.15) is 40.5 Å². The molecule has 0 aliphatic rings. The monoisotopic (exact) mass is 522 g/mol. The summed E-state index contributed by atoms with van der Waals surface area (Å²) in [4.78, 5) is 3.78. The Kier molecular flexibility index (Phi) is 25.4. The average Bonchev–Trinajstić information content (AvgIpc) is 3.37. The van der Waals surface area contributed by atoms with Gasteiger partial charge in [-0.1, -0.05) is 39.2 Å². The molecule has 1 atom stereocenters. The number of nitrogens with zero attached hydrogens (tertiary/aromatic N) is 6. The number of oxime groups is 4. The third kappa shape index (κ3) is 22.0. The van der Waals surface area contributed by atoms with Crippen LogP contribution >= 0.6 is 0 Å². The molecular weight excluding hydrogens is 487 g/mol. The van der Waals surface area contributed by atoms with Crippen LogP contribution in [0.4, 0.5) is 0 Å². The Labute approximate surface area is 211 Å². The summed E-state index contributed by atoms with van der Waals surface area (Å²) in [6.07, 6.45) is 8.90. The van der Waals surface area contributed by atoms with Crippen LogP contribution in [0.2, 0.25) is 0 Å². The van der Waals surface area contributed by atoms with Crippen molar-refractivity contribution >= 4 is 22.8 Å². The predicted octanol–water partition coefficient (Wildman–Crippen LogP) is 3.92. The minimum Gasteiger partial charge on any atom is -0.425 e. The fraction of sp³-hybridized carbons (Fsp3) is 0.364. The fourth-order valence-electron chi connectivity index (χ4n) is 1.63. The van der Waals surface area contributed by atoms with Gasteiger partial charge in [-0.15, -0.1) is 0 Å². The summed E-state index contributed by atoms with van der Waals surface area (Å²) in [5.74, 6) is 0. The molecule has 12 heteroatoms. The molecule has 193 valence electrons. The van der Waals surface area contributed by atoms with E-state index in [2.05, 4.69) is 37.1 Å². The van der Waals surface area contributed by atoms with E-state index < -0.39 is 6.10 Å². The van der Waals surface area contributed by atoms with Gasteiger partial charge >= 0.3 is 0 Å². The fourth-order valence-corrected chi connectivity index (χ4v) is 1.63. The first-order valence-corrected chi connectivity index (χ1v) is 9.95. The van der Waals surface area contributed by atoms with Crippen LogP contribution < -0.4 is 0 Å². The van der Waals surface area contributed by atoms with Crippen molar-refractivity contribution in [1.82, 2.24) is 9.55 Å². The summed E-state index contributed by atoms with van der Waals surface area (Å²) in [6, 6.07) is 9.72. The zero-order valence-corrected chi connectivity index (χ0v) is 20.9. The molecule has 11 nitrogen and oxygen atoms in total. The summed E-state index contributed by atoms with van der Waals surface area (Å²) in [5, 5.41) is 52.1. The standard InChI is InChI=1S/C9H14NO.C5H5N.2C4H8N2O2.Co/c1-9(11)5-4-8-10-6-2-3-7-10;1-2-4-6-5-3-1;2*1-3(5-7)4(2)6-8;/h2-3,6-7,9,11H,1,4-5,8H2;1-5H;2*7-8H,1-2H3;/q-1;;;;/b;;2*5-3+,6-4+;/t9-;;;;/m1..../s1. The van der Waals surface area contributed by atoms with Gasteiger partial charge in [-0.25, -0.2) is 0 Å². The molecule has 0 aliphatic heterocycles. The molecule has 2 aromatic rings. The quantitative estimate of drug-likeness (QED) is 0.167. The van der Waals surface area contributed by atoms with Gasteiger partial charge in [0.15, 0.2) is 0 Å². The molecule has 0 fully saturated rings. The summed E-state index contributed by atoms with van der Waals surface area (Å²) in [5.41, 5.74) is 1.25. The third-order valence-electron chi connectivity index (χ3n) is 3.83. The van der Waals surface area contributed by atoms with Crippen molar-refractivity contribution in [1.29, 1.82) is 0 Å². The van der Waals surface area contributed by atoms with Gasteiger partial charge in [0.25, 0.3) is 0 Å². The number of rotatable bonds is 6. The predicted molar refractivity (Wildman–Crippen MR) is 129 cm³/mol. The van der Waals surface area contributed by atoms with Gasteiger partial charge in [0.05, 0.1) is 0 Å². The largest absolute Gasteiger partial charge is 0.425 e. The van der Waals surface area contributed by atoms with Gasteiger partial charge in [0.2, 0.25) is 0 Å². The van der Waals surface area contributed by atoms with Crippen LogP contribution in [0.5, 0.6) is 0 Å². The Hall–Kier alpha value is -3.22. The molecule has 0 amide bonds. The van der Waals surface area contributed by atoms with Crippen LogP contribution in [-0.2, 0) is 23.3 Å². The Balaban J connectivity index is -0.000000382. The van der Waals surface area contributed by atoms with Crippen LogP contribution in [0.25, 0.3) is 0 Å². The van der Waals surface area contributed by atoms with Crippen molar-refractivity contribution in [3.05, 3.63) is 62.0 Å². The van der Waals surface area contributed by atoms with E-state index in [1.165, 1.54) is 27.7 Å². The van der Waals surface area contributed by atoms with Gasteiger partial charge in [0.1, 0.15) is 22.8 Å². The van der Waals surface area contributed by atoms with E-state index in [-0.39, 0.29) is 16.8 Å². The number of pyridine rings is 1. The Morgan fingerprint density at radius 3 is 1.38 bits per heavy atom. The van der Waals surface area contributed by atoms with Gasteiger partial charge in [-0.3, -0.25) is 4.98 Å². The van der Waals surface area contributed by atoms with E-state index >= 15 is 0 Å². The molecule has 0 saturated carbocycles. The molecule has 0 unspecified atom stereocenters. The van der Waals surface area contributed by atoms with E-state index in [1.807, 2.05) is 42.7 Å². The molecule has 0 bridgehead atoms. The average molecular weight is 522 g/mol. The second kappa shape index (κ2) is 24.4. The van der Waals surface area contributed by atoms with Crippen molar-refractivity contribution < 1.29 is 42.7 Å². The molecule has 5 N–H and O–H groups in total. The molecule has 0 aliphatic carbocycles. The van der Waals surface area contributed by atoms with Crippen molar-refractivity contribution in [2.75, 3.05) is 0 Å². The molecule has 2 heterocycles. The number of aryl methyl sites for hydroxylation is 1. The summed E-state index contributed by atoms with van der Waals surface area (Å²) in [7, 11) is 0. The second-order valence-corrected chi connectivity index (χ2v) is 6.48. The van der Waals surface area contributed by atoms with Crippen LogP contribution in [0, 0.1) is 6.92 Å². The van der Waals surface area contributed by atoms with E-state index in [0.717, 1.165) is 19.4 Å². The van der Waals surface area contributed by atoms with Gasteiger partial charge in [-0.2, -0.15) is 0 Å². The van der Waals surface area contributed by atoms with E-state index in [4.69, 9.17) is 25.9 Å². The molecule has 0 spiro atoms. The Morgan fingerprint density at radius 1 is 0.765 bits per heavy atom. The van der Waals surface area contributed by atoms with Crippen molar-refractivity contribution in [3.63, 3.8) is 0 Å². The molecule has 2 rings (SSSR count). The van der Waals surface area contributed by atoms with Crippen LogP contribution in [0.3, 0.4) is 0 Å². The minimum atomic E-state index is -0.412. The first-order chi connectivity index (χ1) is 15.7. The minimum absolute atomic E-state index is 0. The SMILES string of the molecule is CC(=N\O)/C(C)=N/O.CC(=N\O)/C(C)=N/O.[CH2-][C@@H](O)CCCn1cccc1.[Co].c1ccncc1. The molecular formula is C22H35CoN6O5-. The molecule has 1 radical (unpaired) electrons. The van der Waals surface area contributed by atoms with E-state index in [9.17, 15) is 0 Å². The maximum absolute atomic E-state index is 8.86. The summed E-state index contributed by atoms with van der Waals surface area (Å²) < 4.78 is 2.10. The number of hydrogen-bond donors (Lipinski definition) is 5. The number of hydrogen-bond acceptors (Lipinski definition) is 10. The van der Waals surface area contributed by atoms with Crippen LogP contribution in [-0.4, -0.2) is 64.4 Å². The summed E-state index contributed by atoms with van der Waals surface area (Å²) >= 11 is 0. The van der Waals surface area contributed by atoms with E-state index in [1.54, 1.807) is 12.4 Å². The smallest absolute Gasteiger partial charge is 0.101 e. The van der Waals surface area contributed by atoms with E-state index in [0.29, 0.717) is 22.8 Å². The van der Waals surface area contributed by atoms with Gasteiger partial charge in [-0.05, 0) is 58.4 Å². The number of aliphatic hydroxyl groups is 1. The Bertz CT molecular complexity index is 735. The van der Waals surface area contributed by atoms with Crippen LogP contribution in [0.15, 0.2) is 75.7 Å². The van der Waals surface area contributed by atoms with Crippen molar-refractivity contribution in [3.8, 4) is 0 Å². The third-order valence-corrected chi connectivity index (χ3v) is 3.83. The van der Waals surface area contributed by atoms with Crippen molar-refractivity contribution in [2.45, 2.75) is 53.2 Å². The zero-order valence-electron chi connectivity index (χ0n) is 19.9. The number of aliphatic hydroxyl groups excluding tert-OH is 1. The first kappa shape index (κ1) is 35.4. The van der Waals surface area contributed by atoms with Gasteiger partial charge in [0, 0.05) is 48.1 Å². The topological polar surface area (TPSA) is 168 Å². The van der Waals surface area contributed by atoms with Gasteiger partial charge < -0.3 is 37.4 Å². The Morgan fingerprint density at radius 2 is 1.15 bits per heavy atom. The molecule has 0 saturated heterocycles. The number of aromatic nitrogens is 2. The maximum Gasteiger partial charge on any atom is 0.101 e. The molecule has 2 aromatic heterocycles. The molecule has 0 aromatic carbocycles. The zero-order chi connectivity index (χ0) is 25.5. The second-order valence-electron chi connectivity index (χ2n) is 6.48. The summed E-state index contributed by atoms with van der Waals surface area (Å²) in [6.45, 7) is 10.6. The molecule has 34 heavy (non-hydrogen) atoms. The first-order valence-electron chi connectivity index (χ1n) is 9.95. The normalized spacial score (nSPS) is 12.4. The maximum atomic E-state index is 8.86.